The lowest BCUT2D eigenvalue weighted by Crippen LogP contribution is -3.19. The summed E-state index contributed by atoms with van der Waals surface area (Å²) in [5, 5.41) is 2.98. The third-order valence-corrected chi connectivity index (χ3v) is 5.55. The fourth-order valence-corrected chi connectivity index (χ4v) is 3.62. The van der Waals surface area contributed by atoms with Crippen molar-refractivity contribution in [2.75, 3.05) is 36.4 Å². The Labute approximate surface area is 169 Å². The Bertz CT molecular complexity index is 864. The Morgan fingerprint density at radius 3 is 2.36 bits per heavy atom. The number of Topliss-reactive ketones (excluding diaryl/α,β-unsaturated/α-hetero) is 1. The van der Waals surface area contributed by atoms with Crippen LogP contribution in [0, 0.1) is 5.82 Å². The summed E-state index contributed by atoms with van der Waals surface area (Å²) in [7, 11) is 0. The first kappa shape index (κ1) is 20.3. The lowest BCUT2D eigenvalue weighted by Gasteiger charge is -2.36. The van der Waals surface area contributed by atoms with E-state index in [4.69, 9.17) is 11.6 Å². The van der Waals surface area contributed by atoms with Crippen LogP contribution in [0.5, 0.6) is 0 Å². The van der Waals surface area contributed by atoms with Gasteiger partial charge in [0.25, 0.3) is 5.91 Å². The molecule has 0 aliphatic carbocycles. The van der Waals surface area contributed by atoms with Crippen LogP contribution in [0.15, 0.2) is 42.5 Å². The highest BCUT2D eigenvalue weighted by molar-refractivity contribution is 6.33. The van der Waals surface area contributed by atoms with Gasteiger partial charge in [-0.05, 0) is 56.3 Å². The van der Waals surface area contributed by atoms with Crippen LogP contribution in [-0.2, 0) is 4.79 Å². The molecule has 0 spiro atoms. The number of piperazine rings is 1. The molecule has 1 amide bonds. The van der Waals surface area contributed by atoms with E-state index in [1.165, 1.54) is 23.1 Å². The van der Waals surface area contributed by atoms with E-state index < -0.39 is 5.82 Å². The Morgan fingerprint density at radius 1 is 1.14 bits per heavy atom. The minimum atomic E-state index is -0.436. The minimum Gasteiger partial charge on any atom is -0.360 e. The summed E-state index contributed by atoms with van der Waals surface area (Å²) in [5.41, 5.74) is 2.21. The first-order valence-corrected chi connectivity index (χ1v) is 9.69. The number of nitrogens with one attached hydrogen (secondary N) is 2. The fourth-order valence-electron chi connectivity index (χ4n) is 3.41. The predicted molar refractivity (Wildman–Crippen MR) is 109 cm³/mol. The van der Waals surface area contributed by atoms with Gasteiger partial charge in [0, 0.05) is 11.3 Å². The van der Waals surface area contributed by atoms with Crippen LogP contribution >= 0.6 is 11.6 Å². The Kier molecular flexibility index (Phi) is 6.31. The quantitative estimate of drug-likeness (QED) is 0.752. The summed E-state index contributed by atoms with van der Waals surface area (Å²) in [4.78, 5) is 27.4. The second kappa shape index (κ2) is 8.71. The van der Waals surface area contributed by atoms with Crippen molar-refractivity contribution < 1.29 is 18.9 Å². The standard InChI is InChI=1S/C21H23ClFN3O2/c1-14(21(28)24-20-8-5-17(23)13-19(20)22)25-9-11-26(12-10-25)18-6-3-16(4-7-18)15(2)27/h3-8,13-14H,9-12H2,1-2H3,(H,24,28)/p+1/t14-/m0/s1. The highest BCUT2D eigenvalue weighted by Crippen LogP contribution is 2.22. The van der Waals surface area contributed by atoms with Crippen LogP contribution in [-0.4, -0.2) is 43.9 Å². The van der Waals surface area contributed by atoms with E-state index in [0.717, 1.165) is 31.9 Å². The maximum Gasteiger partial charge on any atom is 0.282 e. The van der Waals surface area contributed by atoms with Crippen molar-refractivity contribution >= 4 is 34.7 Å². The van der Waals surface area contributed by atoms with Crippen LogP contribution in [0.2, 0.25) is 5.02 Å². The van der Waals surface area contributed by atoms with Gasteiger partial charge in [-0.2, -0.15) is 0 Å². The third-order valence-electron chi connectivity index (χ3n) is 5.24. The molecule has 2 N–H and O–H groups in total. The Balaban J connectivity index is 1.56. The van der Waals surface area contributed by atoms with E-state index in [0.29, 0.717) is 11.3 Å². The van der Waals surface area contributed by atoms with Crippen LogP contribution < -0.4 is 15.1 Å². The SMILES string of the molecule is CC(=O)c1ccc(N2CC[NH+]([C@@H](C)C(=O)Nc3ccc(F)cc3Cl)CC2)cc1. The zero-order valence-corrected chi connectivity index (χ0v) is 16.7. The Hall–Kier alpha value is -2.44. The van der Waals surface area contributed by atoms with Crippen molar-refractivity contribution in [2.45, 2.75) is 19.9 Å². The van der Waals surface area contributed by atoms with Gasteiger partial charge in [0.1, 0.15) is 5.82 Å². The first-order chi connectivity index (χ1) is 13.3. The zero-order chi connectivity index (χ0) is 20.3. The average molecular weight is 405 g/mol. The topological polar surface area (TPSA) is 53.9 Å². The number of hydrogen-bond acceptors (Lipinski definition) is 3. The molecule has 0 bridgehead atoms. The highest BCUT2D eigenvalue weighted by atomic mass is 35.5. The smallest absolute Gasteiger partial charge is 0.282 e. The van der Waals surface area contributed by atoms with Gasteiger partial charge in [0.15, 0.2) is 11.8 Å². The number of quaternary nitrogens is 1. The van der Waals surface area contributed by atoms with Crippen molar-refractivity contribution in [2.24, 2.45) is 0 Å². The molecule has 0 unspecified atom stereocenters. The van der Waals surface area contributed by atoms with Gasteiger partial charge in [-0.3, -0.25) is 9.59 Å². The second-order valence-corrected chi connectivity index (χ2v) is 7.49. The average Bonchev–Trinajstić information content (AvgIpc) is 2.69. The molecule has 2 aromatic rings. The minimum absolute atomic E-state index is 0.0573. The monoisotopic (exact) mass is 404 g/mol. The van der Waals surface area contributed by atoms with Crippen LogP contribution in [0.3, 0.4) is 0 Å². The van der Waals surface area contributed by atoms with E-state index in [1.54, 1.807) is 6.92 Å². The largest absolute Gasteiger partial charge is 0.360 e. The molecule has 1 aliphatic rings. The number of rotatable bonds is 5. The maximum atomic E-state index is 13.1. The number of anilines is 2. The molecule has 1 fully saturated rings. The van der Waals surface area contributed by atoms with Gasteiger partial charge in [-0.1, -0.05) is 11.6 Å². The summed E-state index contributed by atoms with van der Waals surface area (Å²) in [6.45, 7) is 6.73. The maximum absolute atomic E-state index is 13.1. The molecule has 0 saturated carbocycles. The van der Waals surface area contributed by atoms with Crippen molar-refractivity contribution in [3.8, 4) is 0 Å². The number of halogens is 2. The lowest BCUT2D eigenvalue weighted by molar-refractivity contribution is -0.914. The van der Waals surface area contributed by atoms with Crippen molar-refractivity contribution in [1.82, 2.24) is 0 Å². The van der Waals surface area contributed by atoms with Gasteiger partial charge >= 0.3 is 0 Å². The normalized spacial score (nSPS) is 15.9. The van der Waals surface area contributed by atoms with Crippen molar-refractivity contribution in [3.63, 3.8) is 0 Å². The molecule has 1 saturated heterocycles. The molecule has 1 aliphatic heterocycles. The molecule has 1 heterocycles. The van der Waals surface area contributed by atoms with Gasteiger partial charge in [-0.25, -0.2) is 4.39 Å². The van der Waals surface area contributed by atoms with Gasteiger partial charge < -0.3 is 15.1 Å². The van der Waals surface area contributed by atoms with Crippen molar-refractivity contribution in [3.05, 3.63) is 58.9 Å². The number of carbonyl (C=O) groups is 2. The highest BCUT2D eigenvalue weighted by Gasteiger charge is 2.29. The summed E-state index contributed by atoms with van der Waals surface area (Å²) in [6.07, 6.45) is 0. The van der Waals surface area contributed by atoms with E-state index in [1.807, 2.05) is 31.2 Å². The molecule has 2 aromatic carbocycles. The molecular weight excluding hydrogens is 381 g/mol. The van der Waals surface area contributed by atoms with Gasteiger partial charge in [0.2, 0.25) is 0 Å². The fraction of sp³-hybridized carbons (Fsp3) is 0.333. The predicted octanol–water partition coefficient (Wildman–Crippen LogP) is 2.41. The molecule has 1 atom stereocenters. The zero-order valence-electron chi connectivity index (χ0n) is 16.0. The van der Waals surface area contributed by atoms with Crippen LogP contribution in [0.4, 0.5) is 15.8 Å². The van der Waals surface area contributed by atoms with E-state index in [-0.39, 0.29) is 22.8 Å². The van der Waals surface area contributed by atoms with Crippen LogP contribution in [0.25, 0.3) is 0 Å². The molecule has 0 radical (unpaired) electrons. The van der Waals surface area contributed by atoms with E-state index in [2.05, 4.69) is 10.2 Å². The summed E-state index contributed by atoms with van der Waals surface area (Å²) < 4.78 is 13.1. The number of carbonyl (C=O) groups excluding carboxylic acids is 2. The molecule has 3 rings (SSSR count). The number of benzene rings is 2. The lowest BCUT2D eigenvalue weighted by atomic mass is 10.1. The first-order valence-electron chi connectivity index (χ1n) is 9.31. The molecule has 7 heteroatoms. The summed E-state index contributed by atoms with van der Waals surface area (Å²) in [5.74, 6) is -0.515. The number of hydrogen-bond donors (Lipinski definition) is 2. The summed E-state index contributed by atoms with van der Waals surface area (Å²) in [6, 6.07) is 11.3. The molecule has 28 heavy (non-hydrogen) atoms. The third kappa shape index (κ3) is 4.69. The van der Waals surface area contributed by atoms with E-state index in [9.17, 15) is 14.0 Å². The molecule has 5 nitrogen and oxygen atoms in total. The second-order valence-electron chi connectivity index (χ2n) is 7.08. The van der Waals surface area contributed by atoms with Crippen molar-refractivity contribution in [1.29, 1.82) is 0 Å². The summed E-state index contributed by atoms with van der Waals surface area (Å²) >= 11 is 5.99. The molecular formula is C21H24ClFN3O2+. The number of ketones is 1. The van der Waals surface area contributed by atoms with Gasteiger partial charge in [-0.15, -0.1) is 0 Å². The number of nitrogens with zero attached hydrogens (tertiary/aromatic N) is 1. The number of amides is 1. The van der Waals surface area contributed by atoms with Crippen LogP contribution in [0.1, 0.15) is 24.2 Å². The Morgan fingerprint density at radius 2 is 1.79 bits per heavy atom. The molecule has 0 aromatic heterocycles. The van der Waals surface area contributed by atoms with Gasteiger partial charge in [0.05, 0.1) is 36.9 Å². The molecule has 148 valence electrons. The van der Waals surface area contributed by atoms with E-state index >= 15 is 0 Å².